The van der Waals surface area contributed by atoms with Gasteiger partial charge in [-0.2, -0.15) is 5.10 Å². The average Bonchev–Trinajstić information content (AvgIpc) is 3.10. The first-order valence-corrected chi connectivity index (χ1v) is 6.58. The third-order valence-corrected chi connectivity index (χ3v) is 3.73. The van der Waals surface area contributed by atoms with Gasteiger partial charge in [-0.1, -0.05) is 11.6 Å². The summed E-state index contributed by atoms with van der Waals surface area (Å²) in [6.45, 7) is 1.09. The molecule has 1 aliphatic heterocycles. The van der Waals surface area contributed by atoms with Crippen LogP contribution in [0.1, 0.15) is 21.8 Å². The number of amides is 1. The average molecular weight is 288 g/mol. The van der Waals surface area contributed by atoms with Crippen molar-refractivity contribution in [1.29, 1.82) is 0 Å². The Bertz CT molecular complexity index is 800. The van der Waals surface area contributed by atoms with Crippen molar-refractivity contribution in [2.24, 2.45) is 0 Å². The van der Waals surface area contributed by atoms with E-state index in [1.54, 1.807) is 35.4 Å². The number of nitrogens with one attached hydrogen (secondary N) is 1. The van der Waals surface area contributed by atoms with Crippen LogP contribution in [0, 0.1) is 0 Å². The summed E-state index contributed by atoms with van der Waals surface area (Å²) in [5.41, 5.74) is 2.70. The van der Waals surface area contributed by atoms with Crippen LogP contribution in [0.2, 0.25) is 5.02 Å². The maximum absolute atomic E-state index is 12.4. The molecule has 0 unspecified atom stereocenters. The van der Waals surface area contributed by atoms with E-state index in [4.69, 9.17) is 16.0 Å². The third kappa shape index (κ3) is 1.71. The van der Waals surface area contributed by atoms with Gasteiger partial charge in [-0.3, -0.25) is 9.89 Å². The number of H-pyrrole nitrogens is 1. The van der Waals surface area contributed by atoms with Crippen molar-refractivity contribution < 1.29 is 9.21 Å². The summed E-state index contributed by atoms with van der Waals surface area (Å²) in [4.78, 5) is 14.2. The maximum Gasteiger partial charge on any atom is 0.290 e. The molecule has 1 aliphatic rings. The van der Waals surface area contributed by atoms with E-state index in [-0.39, 0.29) is 5.91 Å². The van der Waals surface area contributed by atoms with Gasteiger partial charge >= 0.3 is 0 Å². The van der Waals surface area contributed by atoms with Crippen LogP contribution < -0.4 is 0 Å². The Morgan fingerprint density at radius 3 is 3.10 bits per heavy atom. The smallest absolute Gasteiger partial charge is 0.290 e. The Morgan fingerprint density at radius 1 is 1.35 bits per heavy atom. The van der Waals surface area contributed by atoms with Gasteiger partial charge < -0.3 is 9.32 Å². The fourth-order valence-corrected chi connectivity index (χ4v) is 2.66. The van der Waals surface area contributed by atoms with E-state index in [0.717, 1.165) is 16.6 Å². The van der Waals surface area contributed by atoms with Crippen molar-refractivity contribution in [3.63, 3.8) is 0 Å². The minimum Gasteiger partial charge on any atom is -0.451 e. The monoisotopic (exact) mass is 287 g/mol. The van der Waals surface area contributed by atoms with Gasteiger partial charge in [0.1, 0.15) is 5.58 Å². The number of hydrogen-bond acceptors (Lipinski definition) is 3. The molecular weight excluding hydrogens is 278 g/mol. The van der Waals surface area contributed by atoms with E-state index in [0.29, 0.717) is 29.5 Å². The third-order valence-electron chi connectivity index (χ3n) is 3.49. The van der Waals surface area contributed by atoms with Crippen molar-refractivity contribution in [2.45, 2.75) is 13.1 Å². The Labute approximate surface area is 119 Å². The summed E-state index contributed by atoms with van der Waals surface area (Å²) in [6, 6.07) is 7.03. The van der Waals surface area contributed by atoms with Gasteiger partial charge in [0, 0.05) is 22.5 Å². The lowest BCUT2D eigenvalue weighted by Gasteiger charge is -2.13. The molecule has 0 spiro atoms. The van der Waals surface area contributed by atoms with Crippen LogP contribution >= 0.6 is 11.6 Å². The molecule has 6 heteroatoms. The van der Waals surface area contributed by atoms with Crippen LogP contribution in [-0.4, -0.2) is 21.0 Å². The van der Waals surface area contributed by atoms with Crippen LogP contribution in [0.3, 0.4) is 0 Å². The zero-order valence-electron chi connectivity index (χ0n) is 10.4. The van der Waals surface area contributed by atoms with Gasteiger partial charge in [0.05, 0.1) is 18.4 Å². The van der Waals surface area contributed by atoms with Crippen LogP contribution in [-0.2, 0) is 13.1 Å². The highest BCUT2D eigenvalue weighted by molar-refractivity contribution is 6.31. The molecule has 0 aliphatic carbocycles. The van der Waals surface area contributed by atoms with E-state index in [1.165, 1.54) is 0 Å². The molecule has 0 radical (unpaired) electrons. The largest absolute Gasteiger partial charge is 0.451 e. The highest BCUT2D eigenvalue weighted by Gasteiger charge is 2.27. The van der Waals surface area contributed by atoms with E-state index in [1.807, 2.05) is 0 Å². The molecule has 0 fully saturated rings. The van der Waals surface area contributed by atoms with Gasteiger partial charge in [-0.15, -0.1) is 0 Å². The lowest BCUT2D eigenvalue weighted by Crippen LogP contribution is -2.25. The molecule has 0 atom stereocenters. The molecule has 5 nitrogen and oxygen atoms in total. The number of nitrogens with zero attached hydrogens (tertiary/aromatic N) is 2. The fraction of sp³-hybridized carbons (Fsp3) is 0.143. The molecule has 4 rings (SSSR count). The van der Waals surface area contributed by atoms with Gasteiger partial charge in [0.25, 0.3) is 5.91 Å². The van der Waals surface area contributed by atoms with Gasteiger partial charge in [0.2, 0.25) is 0 Å². The number of aromatic amines is 1. The van der Waals surface area contributed by atoms with E-state index in [2.05, 4.69) is 10.2 Å². The number of hydrogen-bond donors (Lipinski definition) is 1. The molecule has 0 bridgehead atoms. The number of fused-ring (bicyclic) bond motifs is 2. The number of aromatic nitrogens is 2. The minimum atomic E-state index is -0.123. The zero-order valence-corrected chi connectivity index (χ0v) is 11.1. The Kier molecular flexibility index (Phi) is 2.37. The van der Waals surface area contributed by atoms with Crippen LogP contribution in [0.5, 0.6) is 0 Å². The molecule has 1 aromatic carbocycles. The molecule has 2 aromatic heterocycles. The molecule has 0 saturated heterocycles. The summed E-state index contributed by atoms with van der Waals surface area (Å²) in [6.07, 6.45) is 1.75. The second kappa shape index (κ2) is 4.11. The van der Waals surface area contributed by atoms with Gasteiger partial charge in [-0.25, -0.2) is 0 Å². The topological polar surface area (TPSA) is 62.1 Å². The summed E-state index contributed by atoms with van der Waals surface area (Å²) in [7, 11) is 0. The maximum atomic E-state index is 12.4. The Hall–Kier alpha value is -2.27. The van der Waals surface area contributed by atoms with E-state index in [9.17, 15) is 4.79 Å². The van der Waals surface area contributed by atoms with Crippen molar-refractivity contribution in [1.82, 2.24) is 15.1 Å². The van der Waals surface area contributed by atoms with Gasteiger partial charge in [-0.05, 0) is 24.3 Å². The SMILES string of the molecule is O=C(c1cc2cc(Cl)ccc2o1)N1Cc2cn[nH]c2C1. The number of halogens is 1. The molecular formula is C14H10ClN3O2. The number of benzene rings is 1. The summed E-state index contributed by atoms with van der Waals surface area (Å²) >= 11 is 5.93. The first kappa shape index (κ1) is 11.5. The quantitative estimate of drug-likeness (QED) is 0.748. The summed E-state index contributed by atoms with van der Waals surface area (Å²) < 4.78 is 5.60. The summed E-state index contributed by atoms with van der Waals surface area (Å²) in [5.74, 6) is 0.210. The van der Waals surface area contributed by atoms with Crippen molar-refractivity contribution in [3.05, 3.63) is 52.5 Å². The molecule has 3 heterocycles. The van der Waals surface area contributed by atoms with Crippen molar-refractivity contribution >= 4 is 28.5 Å². The Morgan fingerprint density at radius 2 is 2.25 bits per heavy atom. The predicted molar refractivity (Wildman–Crippen MR) is 73.4 cm³/mol. The molecule has 1 N–H and O–H groups in total. The normalized spacial score (nSPS) is 13.9. The summed E-state index contributed by atoms with van der Waals surface area (Å²) in [5, 5.41) is 8.31. The van der Waals surface area contributed by atoms with E-state index >= 15 is 0 Å². The van der Waals surface area contributed by atoms with E-state index < -0.39 is 0 Å². The molecule has 20 heavy (non-hydrogen) atoms. The predicted octanol–water partition coefficient (Wildman–Crippen LogP) is 2.97. The number of rotatable bonds is 1. The number of carbonyl (C=O) groups is 1. The highest BCUT2D eigenvalue weighted by atomic mass is 35.5. The minimum absolute atomic E-state index is 0.123. The Balaban J connectivity index is 1.66. The molecule has 0 saturated carbocycles. The van der Waals surface area contributed by atoms with Crippen LogP contribution in [0.4, 0.5) is 0 Å². The lowest BCUT2D eigenvalue weighted by molar-refractivity contribution is 0.0719. The second-order valence-corrected chi connectivity index (χ2v) is 5.26. The number of carbonyl (C=O) groups excluding carboxylic acids is 1. The first-order chi connectivity index (χ1) is 9.70. The first-order valence-electron chi connectivity index (χ1n) is 6.20. The standard InChI is InChI=1S/C14H10ClN3O2/c15-10-1-2-12-8(3-10)4-13(20-12)14(19)18-6-9-5-16-17-11(9)7-18/h1-5H,6-7H2,(H,16,17). The van der Waals surface area contributed by atoms with Crippen molar-refractivity contribution in [3.8, 4) is 0 Å². The molecule has 100 valence electrons. The second-order valence-electron chi connectivity index (χ2n) is 4.83. The highest BCUT2D eigenvalue weighted by Crippen LogP contribution is 2.26. The number of furan rings is 1. The van der Waals surface area contributed by atoms with Crippen LogP contribution in [0.25, 0.3) is 11.0 Å². The lowest BCUT2D eigenvalue weighted by atomic mass is 10.2. The van der Waals surface area contributed by atoms with Crippen LogP contribution in [0.15, 0.2) is 34.9 Å². The van der Waals surface area contributed by atoms with Crippen molar-refractivity contribution in [2.75, 3.05) is 0 Å². The van der Waals surface area contributed by atoms with Gasteiger partial charge in [0.15, 0.2) is 5.76 Å². The zero-order chi connectivity index (χ0) is 13.7. The fourth-order valence-electron chi connectivity index (χ4n) is 2.48. The molecule has 1 amide bonds. The molecule has 3 aromatic rings.